The molecule has 154 valence electrons. The predicted octanol–water partition coefficient (Wildman–Crippen LogP) is 4.42. The molecule has 1 aromatic carbocycles. The van der Waals surface area contributed by atoms with Gasteiger partial charge in [-0.2, -0.15) is 0 Å². The van der Waals surface area contributed by atoms with E-state index in [0.29, 0.717) is 16.6 Å². The van der Waals surface area contributed by atoms with E-state index in [4.69, 9.17) is 9.26 Å². The lowest BCUT2D eigenvalue weighted by molar-refractivity contribution is -0.143. The van der Waals surface area contributed by atoms with Crippen molar-refractivity contribution < 1.29 is 19.2 Å². The fraction of sp³-hybridized carbons (Fsp3) is 0.667. The van der Waals surface area contributed by atoms with E-state index in [1.54, 1.807) is 0 Å². The van der Waals surface area contributed by atoms with Gasteiger partial charge >= 0.3 is 0 Å². The summed E-state index contributed by atoms with van der Waals surface area (Å²) in [6, 6.07) is 9.61. The van der Waals surface area contributed by atoms with Crippen LogP contribution in [0, 0.1) is 5.92 Å². The fourth-order valence-electron chi connectivity index (χ4n) is 4.10. The van der Waals surface area contributed by atoms with E-state index in [1.165, 1.54) is 0 Å². The zero-order valence-corrected chi connectivity index (χ0v) is 18.9. The van der Waals surface area contributed by atoms with Crippen molar-refractivity contribution in [3.05, 3.63) is 35.9 Å². The van der Waals surface area contributed by atoms with Crippen LogP contribution in [0.5, 0.6) is 0 Å². The Morgan fingerprint density at radius 2 is 1.52 bits per heavy atom. The molecule has 0 bridgehead atoms. The van der Waals surface area contributed by atoms with Crippen LogP contribution in [0.2, 0.25) is 16.6 Å². The van der Waals surface area contributed by atoms with Crippen LogP contribution in [-0.2, 0) is 20.7 Å². The second-order valence-electron chi connectivity index (χ2n) is 8.17. The van der Waals surface area contributed by atoms with Crippen molar-refractivity contribution in [2.45, 2.75) is 77.8 Å². The van der Waals surface area contributed by atoms with Gasteiger partial charge in [-0.15, -0.1) is 0 Å². The zero-order valence-electron chi connectivity index (χ0n) is 17.9. The Balaban J connectivity index is 2.76. The number of hydroxylamine groups is 1. The highest BCUT2D eigenvalue weighted by molar-refractivity contribution is 6.77. The molecule has 0 radical (unpaired) electrons. The maximum atomic E-state index is 12.5. The van der Waals surface area contributed by atoms with Gasteiger partial charge in [0, 0.05) is 0 Å². The molecule has 0 aliphatic rings. The number of aliphatic hydroxyl groups excluding tert-OH is 1. The molecule has 0 fully saturated rings. The van der Waals surface area contributed by atoms with Crippen LogP contribution in [0.4, 0.5) is 0 Å². The van der Waals surface area contributed by atoms with Crippen LogP contribution in [0.25, 0.3) is 0 Å². The number of rotatable bonds is 11. The largest absolute Gasteiger partial charge is 0.413 e. The van der Waals surface area contributed by atoms with Crippen molar-refractivity contribution in [1.82, 2.24) is 5.48 Å². The lowest BCUT2D eigenvalue weighted by Gasteiger charge is -2.45. The van der Waals surface area contributed by atoms with Crippen LogP contribution in [0.15, 0.2) is 30.3 Å². The van der Waals surface area contributed by atoms with Crippen molar-refractivity contribution in [2.75, 3.05) is 6.61 Å². The highest BCUT2D eigenvalue weighted by Crippen LogP contribution is 2.43. The van der Waals surface area contributed by atoms with Crippen molar-refractivity contribution >= 4 is 14.2 Å². The number of amides is 1. The van der Waals surface area contributed by atoms with E-state index in [9.17, 15) is 9.90 Å². The van der Waals surface area contributed by atoms with Gasteiger partial charge in [-0.3, -0.25) is 9.63 Å². The van der Waals surface area contributed by atoms with Gasteiger partial charge in [0.05, 0.1) is 25.2 Å². The minimum absolute atomic E-state index is 0.277. The Hall–Kier alpha value is -1.21. The van der Waals surface area contributed by atoms with Crippen LogP contribution >= 0.6 is 0 Å². The number of hydrogen-bond acceptors (Lipinski definition) is 4. The third-order valence-corrected chi connectivity index (χ3v) is 11.6. The van der Waals surface area contributed by atoms with Gasteiger partial charge in [0.1, 0.15) is 0 Å². The standard InChI is InChI=1S/C21H37NO4Si/c1-15(2)27(16(3)4,17(5)6)26-18(7)20(13-23)21(24)22-25-14-19-11-9-8-10-12-19/h8-12,15-18,20,23H,13-14H2,1-7H3,(H,22,24)/t18-,20+/m1/s1. The van der Waals surface area contributed by atoms with Gasteiger partial charge in [-0.25, -0.2) is 5.48 Å². The summed E-state index contributed by atoms with van der Waals surface area (Å²) in [4.78, 5) is 17.9. The molecule has 1 amide bonds. The lowest BCUT2D eigenvalue weighted by atomic mass is 10.1. The maximum Gasteiger partial charge on any atom is 0.251 e. The summed E-state index contributed by atoms with van der Waals surface area (Å²) >= 11 is 0. The molecule has 0 aliphatic heterocycles. The van der Waals surface area contributed by atoms with Gasteiger partial charge < -0.3 is 9.53 Å². The third-order valence-electron chi connectivity index (χ3n) is 5.45. The third kappa shape index (κ3) is 6.14. The van der Waals surface area contributed by atoms with Gasteiger partial charge in [0.2, 0.25) is 8.32 Å². The molecule has 1 rings (SSSR count). The molecule has 1 aromatic rings. The fourth-order valence-corrected chi connectivity index (χ4v) is 9.72. The summed E-state index contributed by atoms with van der Waals surface area (Å²) in [7, 11) is -2.13. The van der Waals surface area contributed by atoms with Gasteiger partial charge in [0.25, 0.3) is 5.91 Å². The van der Waals surface area contributed by atoms with Crippen molar-refractivity contribution in [2.24, 2.45) is 5.92 Å². The predicted molar refractivity (Wildman–Crippen MR) is 112 cm³/mol. The molecular formula is C21H37NO4Si. The van der Waals surface area contributed by atoms with Crippen LogP contribution in [0.1, 0.15) is 54.0 Å². The summed E-state index contributed by atoms with van der Waals surface area (Å²) in [6.45, 7) is 15.1. The Bertz CT molecular complexity index is 541. The SMILES string of the molecule is CC(C)[Si](O[C@H](C)[C@H](CO)C(=O)NOCc1ccccc1)(C(C)C)C(C)C. The molecule has 0 saturated carbocycles. The van der Waals surface area contributed by atoms with Gasteiger partial charge in [0.15, 0.2) is 0 Å². The van der Waals surface area contributed by atoms with Crippen LogP contribution in [-0.4, -0.2) is 32.0 Å². The zero-order chi connectivity index (χ0) is 20.6. The molecular weight excluding hydrogens is 358 g/mol. The van der Waals surface area contributed by atoms with Crippen LogP contribution in [0.3, 0.4) is 0 Å². The molecule has 2 N–H and O–H groups in total. The lowest BCUT2D eigenvalue weighted by Crippen LogP contribution is -2.52. The summed E-state index contributed by atoms with van der Waals surface area (Å²) in [5.41, 5.74) is 4.68. The monoisotopic (exact) mass is 395 g/mol. The molecule has 0 heterocycles. The topological polar surface area (TPSA) is 67.8 Å². The van der Waals surface area contributed by atoms with E-state index in [2.05, 4.69) is 47.0 Å². The molecule has 0 spiro atoms. The first-order valence-electron chi connectivity index (χ1n) is 9.90. The molecule has 27 heavy (non-hydrogen) atoms. The Labute approximate surface area is 165 Å². The number of hydrogen-bond donors (Lipinski definition) is 2. The number of carbonyl (C=O) groups is 1. The average Bonchev–Trinajstić information content (AvgIpc) is 2.60. The number of nitrogens with one attached hydrogen (secondary N) is 1. The second kappa shape index (κ2) is 11.0. The molecule has 0 unspecified atom stereocenters. The Kier molecular flexibility index (Phi) is 9.66. The van der Waals surface area contributed by atoms with Gasteiger partial charge in [-0.1, -0.05) is 71.9 Å². The summed E-state index contributed by atoms with van der Waals surface area (Å²) in [5, 5.41) is 9.81. The highest BCUT2D eigenvalue weighted by atomic mass is 28.4. The number of benzene rings is 1. The van der Waals surface area contributed by atoms with E-state index in [-0.39, 0.29) is 25.2 Å². The maximum absolute atomic E-state index is 12.5. The quantitative estimate of drug-likeness (QED) is 0.430. The second-order valence-corrected chi connectivity index (χ2v) is 13.6. The minimum atomic E-state index is -2.13. The molecule has 6 heteroatoms. The van der Waals surface area contributed by atoms with E-state index < -0.39 is 14.2 Å². The highest BCUT2D eigenvalue weighted by Gasteiger charge is 2.47. The molecule has 0 aliphatic carbocycles. The molecule has 5 nitrogen and oxygen atoms in total. The first-order valence-corrected chi connectivity index (χ1v) is 12.0. The van der Waals surface area contributed by atoms with E-state index in [1.807, 2.05) is 37.3 Å². The van der Waals surface area contributed by atoms with Crippen molar-refractivity contribution in [3.63, 3.8) is 0 Å². The first-order chi connectivity index (χ1) is 12.7. The van der Waals surface area contributed by atoms with Gasteiger partial charge in [-0.05, 0) is 29.1 Å². The Morgan fingerprint density at radius 1 is 1.00 bits per heavy atom. The summed E-state index contributed by atoms with van der Waals surface area (Å²) in [5.74, 6) is -1.01. The van der Waals surface area contributed by atoms with Crippen LogP contribution < -0.4 is 5.48 Å². The Morgan fingerprint density at radius 3 is 1.96 bits per heavy atom. The van der Waals surface area contributed by atoms with Crippen molar-refractivity contribution in [1.29, 1.82) is 0 Å². The molecule has 0 aromatic heterocycles. The summed E-state index contributed by atoms with van der Waals surface area (Å²) < 4.78 is 6.62. The average molecular weight is 396 g/mol. The van der Waals surface area contributed by atoms with E-state index >= 15 is 0 Å². The minimum Gasteiger partial charge on any atom is -0.413 e. The van der Waals surface area contributed by atoms with Crippen molar-refractivity contribution in [3.8, 4) is 0 Å². The number of carbonyl (C=O) groups excluding carboxylic acids is 1. The molecule has 2 atom stereocenters. The molecule has 0 saturated heterocycles. The first kappa shape index (κ1) is 23.8. The van der Waals surface area contributed by atoms with E-state index in [0.717, 1.165) is 5.56 Å². The smallest absolute Gasteiger partial charge is 0.251 e. The normalized spacial score (nSPS) is 14.6. The number of aliphatic hydroxyl groups is 1. The summed E-state index contributed by atoms with van der Waals surface area (Å²) in [6.07, 6.45) is -0.380.